The third-order valence-electron chi connectivity index (χ3n) is 4.03. The average Bonchev–Trinajstić information content (AvgIpc) is 2.67. The van der Waals surface area contributed by atoms with Gasteiger partial charge in [0.15, 0.2) is 0 Å². The van der Waals surface area contributed by atoms with Gasteiger partial charge in [-0.05, 0) is 54.3 Å². The molecule has 0 aliphatic rings. The molecule has 0 atom stereocenters. The molecule has 4 nitrogen and oxygen atoms in total. The average molecular weight is 353 g/mol. The number of carbonyl (C=O) groups is 1. The molecule has 1 amide bonds. The van der Waals surface area contributed by atoms with Crippen LogP contribution in [0.4, 0.5) is 0 Å². The van der Waals surface area contributed by atoms with Crippen LogP contribution in [0.15, 0.2) is 55.1 Å². The second-order valence-electron chi connectivity index (χ2n) is 6.02. The van der Waals surface area contributed by atoms with Crippen molar-refractivity contribution < 1.29 is 14.3 Å². The van der Waals surface area contributed by atoms with Crippen molar-refractivity contribution in [1.29, 1.82) is 0 Å². The Morgan fingerprint density at radius 1 is 1.19 bits per heavy atom. The highest BCUT2D eigenvalue weighted by Crippen LogP contribution is 2.20. The number of ether oxygens (including phenoxy) is 2. The van der Waals surface area contributed by atoms with E-state index in [1.165, 1.54) is 5.56 Å². The van der Waals surface area contributed by atoms with Crippen LogP contribution in [0.2, 0.25) is 0 Å². The number of rotatable bonds is 10. The predicted molar refractivity (Wildman–Crippen MR) is 105 cm³/mol. The summed E-state index contributed by atoms with van der Waals surface area (Å²) in [5.41, 5.74) is 2.85. The molecule has 0 saturated carbocycles. The van der Waals surface area contributed by atoms with E-state index in [0.29, 0.717) is 25.1 Å². The van der Waals surface area contributed by atoms with Crippen molar-refractivity contribution in [3.8, 4) is 11.5 Å². The van der Waals surface area contributed by atoms with Crippen LogP contribution in [-0.4, -0.2) is 26.2 Å². The number of hydrogen-bond donors (Lipinski definition) is 1. The van der Waals surface area contributed by atoms with Crippen LogP contribution >= 0.6 is 0 Å². The number of amides is 1. The zero-order chi connectivity index (χ0) is 18.8. The van der Waals surface area contributed by atoms with Crippen molar-refractivity contribution in [3.63, 3.8) is 0 Å². The summed E-state index contributed by atoms with van der Waals surface area (Å²) >= 11 is 0. The Morgan fingerprint density at radius 3 is 2.62 bits per heavy atom. The van der Waals surface area contributed by atoms with Gasteiger partial charge >= 0.3 is 0 Å². The maximum Gasteiger partial charge on any atom is 0.251 e. The van der Waals surface area contributed by atoms with Gasteiger partial charge in [0.05, 0.1) is 13.7 Å². The van der Waals surface area contributed by atoms with Crippen molar-refractivity contribution in [3.05, 3.63) is 71.8 Å². The number of nitrogens with one attached hydrogen (secondary N) is 1. The van der Waals surface area contributed by atoms with E-state index in [1.54, 1.807) is 19.3 Å². The van der Waals surface area contributed by atoms with E-state index in [2.05, 4.69) is 31.0 Å². The molecule has 0 aromatic heterocycles. The summed E-state index contributed by atoms with van der Waals surface area (Å²) in [7, 11) is 1.62. The normalized spacial score (nSPS) is 10.2. The lowest BCUT2D eigenvalue weighted by atomic mass is 10.1. The molecule has 0 radical (unpaired) electrons. The van der Waals surface area contributed by atoms with Crippen LogP contribution in [0.3, 0.4) is 0 Å². The van der Waals surface area contributed by atoms with E-state index in [1.807, 2.05) is 24.3 Å². The molecule has 0 heterocycles. The standard InChI is InChI=1S/C22H27NO3/c1-4-6-17-8-11-20(12-9-17)26-15-14-23-22(24)19-10-13-21(25-3)18(16-19)7-5-2/h5,8-13,16H,2,4,6-7,14-15H2,1,3H3,(H,23,24). The molecule has 0 unspecified atom stereocenters. The Morgan fingerprint density at radius 2 is 1.96 bits per heavy atom. The molecule has 1 N–H and O–H groups in total. The Labute approximate surface area is 155 Å². The van der Waals surface area contributed by atoms with Gasteiger partial charge in [0.2, 0.25) is 0 Å². The second-order valence-corrected chi connectivity index (χ2v) is 6.02. The first kappa shape index (κ1) is 19.6. The summed E-state index contributed by atoms with van der Waals surface area (Å²) in [5, 5.41) is 2.88. The maximum absolute atomic E-state index is 12.3. The van der Waals surface area contributed by atoms with Gasteiger partial charge in [-0.15, -0.1) is 6.58 Å². The van der Waals surface area contributed by atoms with E-state index in [9.17, 15) is 4.79 Å². The summed E-state index contributed by atoms with van der Waals surface area (Å²) in [6.07, 6.45) is 4.65. The predicted octanol–water partition coefficient (Wildman–Crippen LogP) is 4.19. The largest absolute Gasteiger partial charge is 0.496 e. The van der Waals surface area contributed by atoms with Crippen LogP contribution < -0.4 is 14.8 Å². The zero-order valence-corrected chi connectivity index (χ0v) is 15.6. The van der Waals surface area contributed by atoms with Crippen LogP contribution in [0.25, 0.3) is 0 Å². The third kappa shape index (κ3) is 5.66. The van der Waals surface area contributed by atoms with Gasteiger partial charge in [0.25, 0.3) is 5.91 Å². The molecule has 138 valence electrons. The lowest BCUT2D eigenvalue weighted by Crippen LogP contribution is -2.28. The molecule has 4 heteroatoms. The smallest absolute Gasteiger partial charge is 0.251 e. The summed E-state index contributed by atoms with van der Waals surface area (Å²) in [5.74, 6) is 1.45. The number of hydrogen-bond acceptors (Lipinski definition) is 3. The number of benzene rings is 2. The minimum atomic E-state index is -0.125. The molecular weight excluding hydrogens is 326 g/mol. The van der Waals surface area contributed by atoms with Crippen LogP contribution in [0, 0.1) is 0 Å². The number of carbonyl (C=O) groups excluding carboxylic acids is 1. The molecule has 2 rings (SSSR count). The molecule has 26 heavy (non-hydrogen) atoms. The van der Waals surface area contributed by atoms with E-state index >= 15 is 0 Å². The van der Waals surface area contributed by atoms with Crippen LogP contribution in [-0.2, 0) is 12.8 Å². The van der Waals surface area contributed by atoms with Crippen molar-refractivity contribution in [2.75, 3.05) is 20.3 Å². The van der Waals surface area contributed by atoms with Crippen molar-refractivity contribution in [1.82, 2.24) is 5.32 Å². The fourth-order valence-corrected chi connectivity index (χ4v) is 2.71. The number of methoxy groups -OCH3 is 1. The molecule has 2 aromatic rings. The van der Waals surface area contributed by atoms with E-state index in [0.717, 1.165) is 29.9 Å². The number of allylic oxidation sites excluding steroid dienone is 1. The maximum atomic E-state index is 12.3. The van der Waals surface area contributed by atoms with Crippen LogP contribution in [0.1, 0.15) is 34.8 Å². The third-order valence-corrected chi connectivity index (χ3v) is 4.03. The molecule has 0 bridgehead atoms. The van der Waals surface area contributed by atoms with Gasteiger partial charge in [-0.3, -0.25) is 4.79 Å². The SMILES string of the molecule is C=CCc1cc(C(=O)NCCOc2ccc(CCC)cc2)ccc1OC. The van der Waals surface area contributed by atoms with Crippen molar-refractivity contribution in [2.45, 2.75) is 26.2 Å². The van der Waals surface area contributed by atoms with Crippen molar-refractivity contribution >= 4 is 5.91 Å². The quantitative estimate of drug-likeness (QED) is 0.515. The van der Waals surface area contributed by atoms with Gasteiger partial charge < -0.3 is 14.8 Å². The van der Waals surface area contributed by atoms with Crippen LogP contribution in [0.5, 0.6) is 11.5 Å². The lowest BCUT2D eigenvalue weighted by molar-refractivity contribution is 0.0947. The molecule has 0 saturated heterocycles. The van der Waals surface area contributed by atoms with E-state index in [-0.39, 0.29) is 5.91 Å². The minimum absolute atomic E-state index is 0.125. The Kier molecular flexibility index (Phi) is 7.75. The fourth-order valence-electron chi connectivity index (χ4n) is 2.71. The zero-order valence-electron chi connectivity index (χ0n) is 15.6. The Bertz CT molecular complexity index is 723. The highest BCUT2D eigenvalue weighted by atomic mass is 16.5. The van der Waals surface area contributed by atoms with E-state index in [4.69, 9.17) is 9.47 Å². The molecule has 2 aromatic carbocycles. The van der Waals surface area contributed by atoms with Gasteiger partial charge in [-0.1, -0.05) is 31.6 Å². The minimum Gasteiger partial charge on any atom is -0.496 e. The first-order valence-corrected chi connectivity index (χ1v) is 8.95. The lowest BCUT2D eigenvalue weighted by Gasteiger charge is -2.11. The highest BCUT2D eigenvalue weighted by molar-refractivity contribution is 5.94. The first-order valence-electron chi connectivity index (χ1n) is 8.95. The van der Waals surface area contributed by atoms with Crippen molar-refractivity contribution in [2.24, 2.45) is 0 Å². The fraction of sp³-hybridized carbons (Fsp3) is 0.318. The van der Waals surface area contributed by atoms with Gasteiger partial charge in [0, 0.05) is 5.56 Å². The van der Waals surface area contributed by atoms with Gasteiger partial charge in [-0.2, -0.15) is 0 Å². The molecule has 0 fully saturated rings. The monoisotopic (exact) mass is 353 g/mol. The summed E-state index contributed by atoms with van der Waals surface area (Å²) in [4.78, 5) is 12.3. The Hall–Kier alpha value is -2.75. The molecule has 0 spiro atoms. The first-order chi connectivity index (χ1) is 12.7. The van der Waals surface area contributed by atoms with E-state index < -0.39 is 0 Å². The summed E-state index contributed by atoms with van der Waals surface area (Å²) in [6.45, 7) is 6.77. The Balaban J connectivity index is 1.83. The topological polar surface area (TPSA) is 47.6 Å². The van der Waals surface area contributed by atoms with Gasteiger partial charge in [0.1, 0.15) is 18.1 Å². The molecule has 0 aliphatic carbocycles. The highest BCUT2D eigenvalue weighted by Gasteiger charge is 2.09. The second kappa shape index (κ2) is 10.3. The summed E-state index contributed by atoms with van der Waals surface area (Å²) < 4.78 is 11.0. The molecule has 0 aliphatic heterocycles. The summed E-state index contributed by atoms with van der Waals surface area (Å²) in [6, 6.07) is 13.5. The van der Waals surface area contributed by atoms with Gasteiger partial charge in [-0.25, -0.2) is 0 Å². The molecular formula is C22H27NO3. The number of aryl methyl sites for hydroxylation is 1.